The number of benzene rings is 1. The van der Waals surface area contributed by atoms with E-state index in [1.165, 1.54) is 0 Å². The van der Waals surface area contributed by atoms with Gasteiger partial charge in [-0.2, -0.15) is 0 Å². The van der Waals surface area contributed by atoms with Crippen LogP contribution >= 0.6 is 0 Å². The zero-order valence-electron chi connectivity index (χ0n) is 13.6. The first kappa shape index (κ1) is 16.2. The van der Waals surface area contributed by atoms with E-state index in [2.05, 4.69) is 4.98 Å². The number of hydrogen-bond donors (Lipinski definition) is 1. The van der Waals surface area contributed by atoms with Gasteiger partial charge in [0.2, 0.25) is 5.91 Å². The summed E-state index contributed by atoms with van der Waals surface area (Å²) in [6.45, 7) is 3.18. The van der Waals surface area contributed by atoms with Gasteiger partial charge in [-0.25, -0.2) is 4.79 Å². The van der Waals surface area contributed by atoms with E-state index >= 15 is 0 Å². The fraction of sp³-hybridized carbons (Fsp3) is 0.316. The van der Waals surface area contributed by atoms with Crippen molar-refractivity contribution >= 4 is 11.9 Å². The van der Waals surface area contributed by atoms with Crippen LogP contribution in [0.3, 0.4) is 0 Å². The van der Waals surface area contributed by atoms with Crippen molar-refractivity contribution < 1.29 is 14.7 Å². The fourth-order valence-corrected chi connectivity index (χ4v) is 3.13. The Bertz CT molecular complexity index is 738. The molecule has 2 heterocycles. The van der Waals surface area contributed by atoms with Crippen LogP contribution in [0, 0.1) is 0 Å². The van der Waals surface area contributed by atoms with E-state index in [4.69, 9.17) is 5.11 Å². The Morgan fingerprint density at radius 3 is 2.42 bits per heavy atom. The van der Waals surface area contributed by atoms with E-state index in [1.54, 1.807) is 31.2 Å². The van der Waals surface area contributed by atoms with Crippen molar-refractivity contribution in [3.8, 4) is 11.1 Å². The Labute approximate surface area is 140 Å². The SMILES string of the molecule is CC(=O)N1CCCC(c2ccc(-c3ccc(C(=O)O)cc3)cn2)C1. The summed E-state index contributed by atoms with van der Waals surface area (Å²) in [4.78, 5) is 28.9. The quantitative estimate of drug-likeness (QED) is 0.941. The van der Waals surface area contributed by atoms with Crippen LogP contribution in [0.15, 0.2) is 42.6 Å². The number of nitrogens with zero attached hydrogens (tertiary/aromatic N) is 2. The van der Waals surface area contributed by atoms with Gasteiger partial charge in [0.1, 0.15) is 0 Å². The number of carboxylic acid groups (broad SMARTS) is 1. The third kappa shape index (κ3) is 3.45. The molecule has 1 aromatic heterocycles. The molecular weight excluding hydrogens is 304 g/mol. The molecule has 1 N–H and O–H groups in total. The lowest BCUT2D eigenvalue weighted by molar-refractivity contribution is -0.130. The number of carbonyl (C=O) groups is 2. The van der Waals surface area contributed by atoms with Gasteiger partial charge >= 0.3 is 5.97 Å². The fourth-order valence-electron chi connectivity index (χ4n) is 3.13. The Kier molecular flexibility index (Phi) is 4.60. The number of rotatable bonds is 3. The van der Waals surface area contributed by atoms with E-state index < -0.39 is 5.97 Å². The second-order valence-corrected chi connectivity index (χ2v) is 6.16. The maximum absolute atomic E-state index is 11.6. The van der Waals surface area contributed by atoms with E-state index in [9.17, 15) is 9.59 Å². The molecule has 3 rings (SSSR count). The predicted octanol–water partition coefficient (Wildman–Crippen LogP) is 3.17. The highest BCUT2D eigenvalue weighted by Gasteiger charge is 2.23. The lowest BCUT2D eigenvalue weighted by atomic mass is 9.93. The number of aromatic nitrogens is 1. The van der Waals surface area contributed by atoms with Gasteiger partial charge in [-0.05, 0) is 36.6 Å². The first-order valence-corrected chi connectivity index (χ1v) is 8.10. The summed E-state index contributed by atoms with van der Waals surface area (Å²) in [7, 11) is 0. The molecule has 1 fully saturated rings. The van der Waals surface area contributed by atoms with Crippen LogP contribution in [-0.4, -0.2) is 40.0 Å². The predicted molar refractivity (Wildman–Crippen MR) is 90.9 cm³/mol. The number of hydrogen-bond acceptors (Lipinski definition) is 3. The number of carboxylic acids is 1. The van der Waals surface area contributed by atoms with Gasteiger partial charge in [-0.15, -0.1) is 0 Å². The minimum absolute atomic E-state index is 0.120. The summed E-state index contributed by atoms with van der Waals surface area (Å²) in [6.07, 6.45) is 3.87. The van der Waals surface area contributed by atoms with Gasteiger partial charge in [-0.1, -0.05) is 18.2 Å². The first-order chi connectivity index (χ1) is 11.5. The first-order valence-electron chi connectivity index (χ1n) is 8.10. The van der Waals surface area contributed by atoms with E-state index in [0.29, 0.717) is 0 Å². The maximum atomic E-state index is 11.6. The highest BCUT2D eigenvalue weighted by Crippen LogP contribution is 2.27. The molecule has 24 heavy (non-hydrogen) atoms. The second kappa shape index (κ2) is 6.83. The zero-order chi connectivity index (χ0) is 17.1. The average Bonchev–Trinajstić information content (AvgIpc) is 2.62. The summed E-state index contributed by atoms with van der Waals surface area (Å²) in [5.41, 5.74) is 3.17. The lowest BCUT2D eigenvalue weighted by Crippen LogP contribution is -2.37. The van der Waals surface area contributed by atoms with Crippen LogP contribution in [0.2, 0.25) is 0 Å². The van der Waals surface area contributed by atoms with Crippen molar-refractivity contribution in [2.75, 3.05) is 13.1 Å². The van der Waals surface area contributed by atoms with Gasteiger partial charge in [0.25, 0.3) is 0 Å². The molecule has 0 aliphatic carbocycles. The number of aromatic carboxylic acids is 1. The molecule has 5 heteroatoms. The molecule has 1 saturated heterocycles. The molecule has 1 atom stereocenters. The molecule has 0 bridgehead atoms. The minimum atomic E-state index is -0.928. The molecule has 124 valence electrons. The summed E-state index contributed by atoms with van der Waals surface area (Å²) < 4.78 is 0. The Morgan fingerprint density at radius 2 is 1.83 bits per heavy atom. The molecule has 1 amide bonds. The summed E-state index contributed by atoms with van der Waals surface area (Å²) >= 11 is 0. The van der Waals surface area contributed by atoms with Crippen LogP contribution in [-0.2, 0) is 4.79 Å². The minimum Gasteiger partial charge on any atom is -0.478 e. The van der Waals surface area contributed by atoms with Crippen molar-refractivity contribution in [2.45, 2.75) is 25.7 Å². The largest absolute Gasteiger partial charge is 0.478 e. The summed E-state index contributed by atoms with van der Waals surface area (Å²) in [6, 6.07) is 10.8. The Morgan fingerprint density at radius 1 is 1.12 bits per heavy atom. The maximum Gasteiger partial charge on any atom is 0.335 e. The molecule has 0 spiro atoms. The number of likely N-dealkylation sites (tertiary alicyclic amines) is 1. The highest BCUT2D eigenvalue weighted by molar-refractivity contribution is 5.88. The van der Waals surface area contributed by atoms with Crippen LogP contribution in [0.4, 0.5) is 0 Å². The number of pyridine rings is 1. The van der Waals surface area contributed by atoms with E-state index in [-0.39, 0.29) is 17.4 Å². The number of amides is 1. The normalized spacial score (nSPS) is 17.5. The van der Waals surface area contributed by atoms with Crippen molar-refractivity contribution in [1.29, 1.82) is 0 Å². The smallest absolute Gasteiger partial charge is 0.335 e. The molecular formula is C19H20N2O3. The van der Waals surface area contributed by atoms with E-state index in [0.717, 1.165) is 42.8 Å². The molecule has 0 radical (unpaired) electrons. The Hall–Kier alpha value is -2.69. The zero-order valence-corrected chi connectivity index (χ0v) is 13.6. The lowest BCUT2D eigenvalue weighted by Gasteiger charge is -2.31. The standard InChI is InChI=1S/C19H20N2O3/c1-13(22)21-10-2-3-17(12-21)18-9-8-16(11-20-18)14-4-6-15(7-5-14)19(23)24/h4-9,11,17H,2-3,10,12H2,1H3,(H,23,24). The molecule has 2 aromatic rings. The molecule has 1 unspecified atom stereocenters. The number of carbonyl (C=O) groups excluding carboxylic acids is 1. The topological polar surface area (TPSA) is 70.5 Å². The summed E-state index contributed by atoms with van der Waals surface area (Å²) in [5, 5.41) is 8.95. The monoisotopic (exact) mass is 324 g/mol. The van der Waals surface area contributed by atoms with Gasteiger partial charge in [0.15, 0.2) is 0 Å². The van der Waals surface area contributed by atoms with Gasteiger partial charge in [0, 0.05) is 43.4 Å². The van der Waals surface area contributed by atoms with Crippen molar-refractivity contribution in [3.05, 3.63) is 53.9 Å². The number of piperidine rings is 1. The van der Waals surface area contributed by atoms with E-state index in [1.807, 2.05) is 23.2 Å². The second-order valence-electron chi connectivity index (χ2n) is 6.16. The van der Waals surface area contributed by atoms with Gasteiger partial charge in [0.05, 0.1) is 5.56 Å². The van der Waals surface area contributed by atoms with Crippen LogP contribution in [0.1, 0.15) is 41.7 Å². The molecule has 1 aliphatic heterocycles. The highest BCUT2D eigenvalue weighted by atomic mass is 16.4. The molecule has 5 nitrogen and oxygen atoms in total. The van der Waals surface area contributed by atoms with Gasteiger partial charge in [-0.3, -0.25) is 9.78 Å². The average molecular weight is 324 g/mol. The van der Waals surface area contributed by atoms with Crippen LogP contribution < -0.4 is 0 Å². The Balaban J connectivity index is 1.75. The van der Waals surface area contributed by atoms with Crippen molar-refractivity contribution in [1.82, 2.24) is 9.88 Å². The molecule has 0 saturated carbocycles. The molecule has 1 aliphatic rings. The third-order valence-corrected chi connectivity index (χ3v) is 4.54. The van der Waals surface area contributed by atoms with Gasteiger partial charge < -0.3 is 10.0 Å². The third-order valence-electron chi connectivity index (χ3n) is 4.54. The molecule has 1 aromatic carbocycles. The van der Waals surface area contributed by atoms with Crippen LogP contribution in [0.5, 0.6) is 0 Å². The van der Waals surface area contributed by atoms with Crippen molar-refractivity contribution in [2.24, 2.45) is 0 Å². The summed E-state index contributed by atoms with van der Waals surface area (Å²) in [5.74, 6) is -0.525. The van der Waals surface area contributed by atoms with Crippen LogP contribution in [0.25, 0.3) is 11.1 Å². The van der Waals surface area contributed by atoms with Crippen molar-refractivity contribution in [3.63, 3.8) is 0 Å².